The zero-order chi connectivity index (χ0) is 19.1. The first-order valence-electron chi connectivity index (χ1n) is 8.55. The first kappa shape index (κ1) is 18.0. The second kappa shape index (κ2) is 8.50. The Morgan fingerprint density at radius 1 is 0.889 bits per heavy atom. The highest BCUT2D eigenvalue weighted by molar-refractivity contribution is 6.02. The molecule has 0 aromatic heterocycles. The third-order valence-electron chi connectivity index (χ3n) is 4.15. The molecule has 0 radical (unpaired) electrons. The molecule has 3 N–H and O–H groups in total. The van der Waals surface area contributed by atoms with Crippen LogP contribution in [0.25, 0.3) is 6.08 Å². The van der Waals surface area contributed by atoms with Gasteiger partial charge >= 0.3 is 0 Å². The van der Waals surface area contributed by atoms with Crippen molar-refractivity contribution in [2.75, 3.05) is 5.73 Å². The number of nitriles is 1. The van der Waals surface area contributed by atoms with Crippen molar-refractivity contribution in [2.24, 2.45) is 0 Å². The third-order valence-corrected chi connectivity index (χ3v) is 4.15. The van der Waals surface area contributed by atoms with E-state index in [0.29, 0.717) is 5.69 Å². The molecule has 4 nitrogen and oxygen atoms in total. The molecule has 0 saturated carbocycles. The van der Waals surface area contributed by atoms with Gasteiger partial charge in [-0.3, -0.25) is 4.79 Å². The summed E-state index contributed by atoms with van der Waals surface area (Å²) in [6, 6.07) is 28.0. The van der Waals surface area contributed by atoms with Gasteiger partial charge in [0.05, 0.1) is 6.04 Å². The van der Waals surface area contributed by atoms with Crippen LogP contribution in [-0.2, 0) is 4.79 Å². The minimum atomic E-state index is -0.424. The normalized spacial score (nSPS) is 11.0. The zero-order valence-electron chi connectivity index (χ0n) is 14.7. The van der Waals surface area contributed by atoms with Crippen molar-refractivity contribution in [1.82, 2.24) is 5.32 Å². The number of carbonyl (C=O) groups is 1. The van der Waals surface area contributed by atoms with Gasteiger partial charge in [0.25, 0.3) is 5.91 Å². The molecule has 27 heavy (non-hydrogen) atoms. The monoisotopic (exact) mass is 353 g/mol. The summed E-state index contributed by atoms with van der Waals surface area (Å²) in [6.07, 6.45) is 1.56. The van der Waals surface area contributed by atoms with Crippen molar-refractivity contribution in [3.8, 4) is 6.07 Å². The summed E-state index contributed by atoms with van der Waals surface area (Å²) < 4.78 is 0. The van der Waals surface area contributed by atoms with Crippen molar-refractivity contribution in [3.05, 3.63) is 107 Å². The Balaban J connectivity index is 1.89. The smallest absolute Gasteiger partial charge is 0.262 e. The molecule has 3 aromatic carbocycles. The molecule has 0 bridgehead atoms. The van der Waals surface area contributed by atoms with Crippen LogP contribution >= 0.6 is 0 Å². The summed E-state index contributed by atoms with van der Waals surface area (Å²) in [6.45, 7) is 0. The predicted octanol–water partition coefficient (Wildman–Crippen LogP) is 4.08. The molecule has 0 heterocycles. The van der Waals surface area contributed by atoms with Gasteiger partial charge in [0.15, 0.2) is 0 Å². The fraction of sp³-hybridized carbons (Fsp3) is 0.0435. The lowest BCUT2D eigenvalue weighted by molar-refractivity contribution is -0.117. The van der Waals surface area contributed by atoms with Gasteiger partial charge in [0, 0.05) is 5.69 Å². The van der Waals surface area contributed by atoms with E-state index in [-0.39, 0.29) is 11.6 Å². The fourth-order valence-electron chi connectivity index (χ4n) is 2.77. The lowest BCUT2D eigenvalue weighted by atomic mass is 9.98. The highest BCUT2D eigenvalue weighted by atomic mass is 16.1. The van der Waals surface area contributed by atoms with Crippen molar-refractivity contribution in [3.63, 3.8) is 0 Å². The van der Waals surface area contributed by atoms with Crippen LogP contribution in [0.1, 0.15) is 22.7 Å². The largest absolute Gasteiger partial charge is 0.399 e. The molecule has 3 aromatic rings. The molecule has 0 saturated heterocycles. The van der Waals surface area contributed by atoms with Crippen LogP contribution in [0.15, 0.2) is 90.5 Å². The van der Waals surface area contributed by atoms with Gasteiger partial charge in [-0.15, -0.1) is 0 Å². The van der Waals surface area contributed by atoms with E-state index in [9.17, 15) is 10.1 Å². The Morgan fingerprint density at radius 3 is 1.89 bits per heavy atom. The summed E-state index contributed by atoms with van der Waals surface area (Å²) in [5.74, 6) is -0.424. The van der Waals surface area contributed by atoms with Crippen LogP contribution < -0.4 is 11.1 Å². The van der Waals surface area contributed by atoms with E-state index in [1.807, 2.05) is 66.7 Å². The average Bonchev–Trinajstić information content (AvgIpc) is 2.72. The van der Waals surface area contributed by atoms with Crippen LogP contribution in [0.4, 0.5) is 5.69 Å². The van der Waals surface area contributed by atoms with Crippen LogP contribution in [0.3, 0.4) is 0 Å². The number of nitrogens with zero attached hydrogens (tertiary/aromatic N) is 1. The molecule has 0 atom stereocenters. The second-order valence-electron chi connectivity index (χ2n) is 6.06. The standard InChI is InChI=1S/C23H19N3O/c24-16-20(15-17-11-13-21(25)14-12-17)23(27)26-22(18-7-3-1-4-8-18)19-9-5-2-6-10-19/h1-15,22H,25H2,(H,26,27)/b20-15+. The lowest BCUT2D eigenvalue weighted by Crippen LogP contribution is -2.30. The van der Waals surface area contributed by atoms with Crippen LogP contribution in [0, 0.1) is 11.3 Å². The van der Waals surface area contributed by atoms with E-state index in [2.05, 4.69) is 5.32 Å². The summed E-state index contributed by atoms with van der Waals surface area (Å²) in [4.78, 5) is 12.8. The van der Waals surface area contributed by atoms with Gasteiger partial charge in [-0.2, -0.15) is 5.26 Å². The number of carbonyl (C=O) groups excluding carboxylic acids is 1. The number of rotatable bonds is 5. The second-order valence-corrected chi connectivity index (χ2v) is 6.06. The fourth-order valence-corrected chi connectivity index (χ4v) is 2.77. The molecule has 4 heteroatoms. The molecule has 132 valence electrons. The van der Waals surface area contributed by atoms with Crippen molar-refractivity contribution in [2.45, 2.75) is 6.04 Å². The van der Waals surface area contributed by atoms with Crippen LogP contribution in [0.2, 0.25) is 0 Å². The van der Waals surface area contributed by atoms with E-state index in [0.717, 1.165) is 16.7 Å². The molecule has 1 amide bonds. The minimum absolute atomic E-state index is 0.0385. The number of anilines is 1. The summed E-state index contributed by atoms with van der Waals surface area (Å²) in [7, 11) is 0. The Morgan fingerprint density at radius 2 is 1.41 bits per heavy atom. The Hall–Kier alpha value is -3.84. The molecular weight excluding hydrogens is 334 g/mol. The molecule has 0 aliphatic heterocycles. The molecule has 0 spiro atoms. The lowest BCUT2D eigenvalue weighted by Gasteiger charge is -2.19. The molecule has 0 fully saturated rings. The number of nitrogens with two attached hydrogens (primary N) is 1. The van der Waals surface area contributed by atoms with Gasteiger partial charge in [-0.1, -0.05) is 72.8 Å². The van der Waals surface area contributed by atoms with Crippen molar-refractivity contribution >= 4 is 17.7 Å². The van der Waals surface area contributed by atoms with Gasteiger partial charge < -0.3 is 11.1 Å². The van der Waals surface area contributed by atoms with Gasteiger partial charge in [-0.25, -0.2) is 0 Å². The van der Waals surface area contributed by atoms with Gasteiger partial charge in [-0.05, 0) is 34.9 Å². The Bertz CT molecular complexity index is 932. The van der Waals surface area contributed by atoms with Crippen molar-refractivity contribution in [1.29, 1.82) is 5.26 Å². The number of nitrogen functional groups attached to an aromatic ring is 1. The summed E-state index contributed by atoms with van der Waals surface area (Å²) in [5, 5.41) is 12.4. The zero-order valence-corrected chi connectivity index (χ0v) is 14.7. The number of amides is 1. The quantitative estimate of drug-likeness (QED) is 0.412. The van der Waals surface area contributed by atoms with E-state index < -0.39 is 5.91 Å². The van der Waals surface area contributed by atoms with Crippen molar-refractivity contribution < 1.29 is 4.79 Å². The average molecular weight is 353 g/mol. The minimum Gasteiger partial charge on any atom is -0.399 e. The number of hydrogen-bond donors (Lipinski definition) is 2. The number of benzene rings is 3. The van der Waals surface area contributed by atoms with E-state index in [4.69, 9.17) is 5.73 Å². The van der Waals surface area contributed by atoms with Crippen LogP contribution in [-0.4, -0.2) is 5.91 Å². The Kier molecular flexibility index (Phi) is 5.66. The van der Waals surface area contributed by atoms with E-state index in [1.54, 1.807) is 30.3 Å². The summed E-state index contributed by atoms with van der Waals surface area (Å²) in [5.41, 5.74) is 8.98. The molecule has 0 aliphatic carbocycles. The molecule has 0 unspecified atom stereocenters. The Labute approximate surface area is 158 Å². The SMILES string of the molecule is N#C/C(=C\c1ccc(N)cc1)C(=O)NC(c1ccccc1)c1ccccc1. The molecule has 0 aliphatic rings. The maximum Gasteiger partial charge on any atom is 0.262 e. The van der Waals surface area contributed by atoms with E-state index >= 15 is 0 Å². The molecular formula is C23H19N3O. The van der Waals surface area contributed by atoms with Gasteiger partial charge in [0.1, 0.15) is 11.6 Å². The van der Waals surface area contributed by atoms with Crippen LogP contribution in [0.5, 0.6) is 0 Å². The number of nitrogens with one attached hydrogen (secondary N) is 1. The maximum absolute atomic E-state index is 12.8. The topological polar surface area (TPSA) is 78.9 Å². The maximum atomic E-state index is 12.8. The van der Waals surface area contributed by atoms with Gasteiger partial charge in [0.2, 0.25) is 0 Å². The summed E-state index contributed by atoms with van der Waals surface area (Å²) >= 11 is 0. The number of hydrogen-bond acceptors (Lipinski definition) is 3. The highest BCUT2D eigenvalue weighted by Gasteiger charge is 2.19. The first-order valence-corrected chi connectivity index (χ1v) is 8.55. The third kappa shape index (κ3) is 4.62. The predicted molar refractivity (Wildman–Crippen MR) is 107 cm³/mol. The molecule has 3 rings (SSSR count). The van der Waals surface area contributed by atoms with E-state index in [1.165, 1.54) is 0 Å². The highest BCUT2D eigenvalue weighted by Crippen LogP contribution is 2.22. The first-order chi connectivity index (χ1) is 13.2.